The first kappa shape index (κ1) is 14.4. The Hall–Kier alpha value is -1.04. The number of ether oxygens (including phenoxy) is 3. The molecule has 104 valence electrons. The Kier molecular flexibility index (Phi) is 4.85. The molecule has 0 spiro atoms. The molecule has 4 atom stereocenters. The molecule has 0 N–H and O–H groups in total. The maximum Gasteiger partial charge on any atom is 0.338 e. The summed E-state index contributed by atoms with van der Waals surface area (Å²) in [5.41, 5.74) is 0.538. The third kappa shape index (κ3) is 3.49. The number of esters is 1. The van der Waals surface area contributed by atoms with Gasteiger partial charge in [-0.15, -0.1) is 0 Å². The van der Waals surface area contributed by atoms with Crippen molar-refractivity contribution in [3.8, 4) is 0 Å². The van der Waals surface area contributed by atoms with Crippen LogP contribution in [0.3, 0.4) is 0 Å². The largest absolute Gasteiger partial charge is 0.457 e. The van der Waals surface area contributed by atoms with Crippen LogP contribution in [0.2, 0.25) is 0 Å². The Morgan fingerprint density at radius 2 is 2.05 bits per heavy atom. The second-order valence-electron chi connectivity index (χ2n) is 4.54. The predicted molar refractivity (Wildman–Crippen MR) is 74.4 cm³/mol. The van der Waals surface area contributed by atoms with Crippen molar-refractivity contribution in [2.45, 2.75) is 37.1 Å². The summed E-state index contributed by atoms with van der Waals surface area (Å²) in [6, 6.07) is 8.92. The summed E-state index contributed by atoms with van der Waals surface area (Å²) in [4.78, 5) is 12.0. The van der Waals surface area contributed by atoms with E-state index in [1.165, 1.54) is 0 Å². The fourth-order valence-electron chi connectivity index (χ4n) is 2.06. The van der Waals surface area contributed by atoms with Gasteiger partial charge in [0.1, 0.15) is 6.10 Å². The summed E-state index contributed by atoms with van der Waals surface area (Å²) in [5.74, 6) is -0.339. The first-order valence-corrected chi connectivity index (χ1v) is 6.76. The molecule has 0 bridgehead atoms. The Morgan fingerprint density at radius 3 is 2.68 bits per heavy atom. The normalized spacial score (nSPS) is 30.9. The molecule has 1 heterocycles. The van der Waals surface area contributed by atoms with Crippen molar-refractivity contribution in [3.05, 3.63) is 35.9 Å². The summed E-state index contributed by atoms with van der Waals surface area (Å²) >= 11 is 4.46. The Bertz CT molecular complexity index is 423. The molecule has 0 saturated carbocycles. The molecular formula is C14H18O4S. The lowest BCUT2D eigenvalue weighted by atomic mass is 10.1. The molecule has 1 aromatic rings. The van der Waals surface area contributed by atoms with Gasteiger partial charge in [0.15, 0.2) is 6.29 Å². The van der Waals surface area contributed by atoms with Crippen molar-refractivity contribution in [2.24, 2.45) is 0 Å². The van der Waals surface area contributed by atoms with Crippen LogP contribution in [-0.2, 0) is 14.2 Å². The van der Waals surface area contributed by atoms with E-state index in [0.717, 1.165) is 0 Å². The number of carbonyl (C=O) groups excluding carboxylic acids is 1. The maximum absolute atomic E-state index is 12.0. The zero-order chi connectivity index (χ0) is 13.8. The molecule has 1 saturated heterocycles. The van der Waals surface area contributed by atoms with Gasteiger partial charge in [0.05, 0.1) is 16.9 Å². The van der Waals surface area contributed by atoms with E-state index in [4.69, 9.17) is 14.2 Å². The van der Waals surface area contributed by atoms with Gasteiger partial charge < -0.3 is 14.2 Å². The van der Waals surface area contributed by atoms with Crippen LogP contribution in [0.15, 0.2) is 30.3 Å². The van der Waals surface area contributed by atoms with Gasteiger partial charge in [-0.25, -0.2) is 4.79 Å². The SMILES string of the molecule is CO[C@@H]1C[C@H](OC(=O)c2ccccc2)[C@H](S)[C@@H](C)O1. The minimum absolute atomic E-state index is 0.129. The molecule has 5 heteroatoms. The van der Waals surface area contributed by atoms with Gasteiger partial charge in [-0.1, -0.05) is 18.2 Å². The lowest BCUT2D eigenvalue weighted by Crippen LogP contribution is -2.46. The summed E-state index contributed by atoms with van der Waals surface area (Å²) in [6.45, 7) is 1.90. The highest BCUT2D eigenvalue weighted by Gasteiger charge is 2.37. The van der Waals surface area contributed by atoms with E-state index in [1.54, 1.807) is 31.4 Å². The molecule has 0 radical (unpaired) electrons. The third-order valence-electron chi connectivity index (χ3n) is 3.18. The van der Waals surface area contributed by atoms with Gasteiger partial charge in [-0.3, -0.25) is 0 Å². The molecule has 1 aromatic carbocycles. The number of carbonyl (C=O) groups is 1. The molecule has 19 heavy (non-hydrogen) atoms. The standard InChI is InChI=1S/C14H18O4S/c1-9-13(19)11(8-12(16-2)17-9)18-14(15)10-6-4-3-5-7-10/h3-7,9,11-13,19H,8H2,1-2H3/t9-,11+,12+,13-/m1/s1. The van der Waals surface area contributed by atoms with E-state index in [9.17, 15) is 4.79 Å². The van der Waals surface area contributed by atoms with Crippen molar-refractivity contribution in [1.82, 2.24) is 0 Å². The van der Waals surface area contributed by atoms with E-state index in [1.807, 2.05) is 13.0 Å². The van der Waals surface area contributed by atoms with E-state index in [2.05, 4.69) is 12.6 Å². The Balaban J connectivity index is 2.02. The lowest BCUT2D eigenvalue weighted by molar-refractivity contribution is -0.195. The van der Waals surface area contributed by atoms with Crippen molar-refractivity contribution >= 4 is 18.6 Å². The molecule has 0 aromatic heterocycles. The van der Waals surface area contributed by atoms with Crippen LogP contribution in [0, 0.1) is 0 Å². The number of methoxy groups -OCH3 is 1. The molecule has 1 aliphatic heterocycles. The van der Waals surface area contributed by atoms with Crippen LogP contribution < -0.4 is 0 Å². The minimum Gasteiger partial charge on any atom is -0.457 e. The summed E-state index contributed by atoms with van der Waals surface area (Å²) in [7, 11) is 1.58. The van der Waals surface area contributed by atoms with Gasteiger partial charge in [-0.2, -0.15) is 12.6 Å². The average molecular weight is 282 g/mol. The minimum atomic E-state index is -0.355. The van der Waals surface area contributed by atoms with Crippen LogP contribution in [0.25, 0.3) is 0 Å². The second kappa shape index (κ2) is 6.41. The number of rotatable bonds is 3. The first-order chi connectivity index (χ1) is 9.11. The molecule has 0 amide bonds. The number of hydrogen-bond acceptors (Lipinski definition) is 5. The summed E-state index contributed by atoms with van der Waals surface area (Å²) in [6.07, 6.45) is -0.305. The monoisotopic (exact) mass is 282 g/mol. The van der Waals surface area contributed by atoms with Gasteiger partial charge >= 0.3 is 5.97 Å². The third-order valence-corrected chi connectivity index (χ3v) is 3.94. The fourth-order valence-corrected chi connectivity index (χ4v) is 2.31. The predicted octanol–water partition coefficient (Wildman–Crippen LogP) is 2.29. The number of thiol groups is 1. The molecule has 0 aliphatic carbocycles. The Labute approximate surface area is 118 Å². The van der Waals surface area contributed by atoms with E-state index < -0.39 is 0 Å². The van der Waals surface area contributed by atoms with E-state index in [0.29, 0.717) is 12.0 Å². The highest BCUT2D eigenvalue weighted by molar-refractivity contribution is 7.81. The smallest absolute Gasteiger partial charge is 0.338 e. The van der Waals surface area contributed by atoms with Gasteiger partial charge in [0.25, 0.3) is 0 Å². The van der Waals surface area contributed by atoms with Gasteiger partial charge in [0, 0.05) is 13.5 Å². The van der Waals surface area contributed by atoms with Gasteiger partial charge in [0.2, 0.25) is 0 Å². The average Bonchev–Trinajstić information content (AvgIpc) is 2.44. The zero-order valence-corrected chi connectivity index (χ0v) is 11.9. The van der Waals surface area contributed by atoms with Crippen LogP contribution in [0.1, 0.15) is 23.7 Å². The molecule has 1 fully saturated rings. The Morgan fingerprint density at radius 1 is 1.37 bits per heavy atom. The molecule has 1 aliphatic rings. The first-order valence-electron chi connectivity index (χ1n) is 6.24. The highest BCUT2D eigenvalue weighted by atomic mass is 32.1. The topological polar surface area (TPSA) is 44.8 Å². The number of hydrogen-bond donors (Lipinski definition) is 1. The summed E-state index contributed by atoms with van der Waals surface area (Å²) < 4.78 is 16.3. The molecule has 2 rings (SSSR count). The van der Waals surface area contributed by atoms with Crippen molar-refractivity contribution in [1.29, 1.82) is 0 Å². The van der Waals surface area contributed by atoms with Crippen LogP contribution in [0.4, 0.5) is 0 Å². The van der Waals surface area contributed by atoms with Crippen LogP contribution >= 0.6 is 12.6 Å². The number of benzene rings is 1. The maximum atomic E-state index is 12.0. The van der Waals surface area contributed by atoms with E-state index in [-0.39, 0.29) is 29.7 Å². The van der Waals surface area contributed by atoms with Crippen molar-refractivity contribution < 1.29 is 19.0 Å². The van der Waals surface area contributed by atoms with Crippen molar-refractivity contribution in [2.75, 3.05) is 7.11 Å². The molecule has 0 unspecified atom stereocenters. The van der Waals surface area contributed by atoms with Crippen LogP contribution in [-0.4, -0.2) is 36.8 Å². The fraction of sp³-hybridized carbons (Fsp3) is 0.500. The quantitative estimate of drug-likeness (QED) is 0.682. The second-order valence-corrected chi connectivity index (χ2v) is 5.14. The lowest BCUT2D eigenvalue weighted by Gasteiger charge is -2.37. The zero-order valence-electron chi connectivity index (χ0n) is 11.0. The van der Waals surface area contributed by atoms with Gasteiger partial charge in [-0.05, 0) is 19.1 Å². The highest BCUT2D eigenvalue weighted by Crippen LogP contribution is 2.27. The van der Waals surface area contributed by atoms with Crippen LogP contribution in [0.5, 0.6) is 0 Å². The molecule has 4 nitrogen and oxygen atoms in total. The molecular weight excluding hydrogens is 264 g/mol. The summed E-state index contributed by atoms with van der Waals surface area (Å²) in [5, 5.41) is -0.154. The van der Waals surface area contributed by atoms with Crippen molar-refractivity contribution in [3.63, 3.8) is 0 Å². The van der Waals surface area contributed by atoms with E-state index >= 15 is 0 Å².